The first-order valence-corrected chi connectivity index (χ1v) is 11.0. The lowest BCUT2D eigenvalue weighted by Crippen LogP contribution is -2.49. The maximum atomic E-state index is 13.0. The Hall–Kier alpha value is -2.08. The first kappa shape index (κ1) is 21.6. The van der Waals surface area contributed by atoms with Crippen LogP contribution in [0.15, 0.2) is 12.1 Å². The van der Waals surface area contributed by atoms with E-state index in [1.54, 1.807) is 0 Å². The Labute approximate surface area is 177 Å². The molecule has 1 aromatic rings. The lowest BCUT2D eigenvalue weighted by atomic mass is 9.75. The third kappa shape index (κ3) is 4.13. The van der Waals surface area contributed by atoms with Crippen LogP contribution in [0.4, 0.5) is 10.5 Å². The van der Waals surface area contributed by atoms with Crippen LogP contribution in [0.3, 0.4) is 0 Å². The number of nitrogens with zero attached hydrogens (tertiary/aromatic N) is 1. The second-order valence-corrected chi connectivity index (χ2v) is 8.48. The number of carbonyl (C=O) groups excluding carboxylic acids is 3. The molecule has 158 valence electrons. The van der Waals surface area contributed by atoms with Gasteiger partial charge in [-0.15, -0.1) is 0 Å². The van der Waals surface area contributed by atoms with Crippen LogP contribution < -0.4 is 10.6 Å². The molecule has 0 radical (unpaired) electrons. The van der Waals surface area contributed by atoms with Crippen LogP contribution in [-0.2, 0) is 22.4 Å². The van der Waals surface area contributed by atoms with Crippen molar-refractivity contribution < 1.29 is 14.4 Å². The molecule has 29 heavy (non-hydrogen) atoms. The molecule has 0 bridgehead atoms. The molecule has 1 heterocycles. The molecule has 2 N–H and O–H groups in total. The minimum Gasteiger partial charge on any atom is -0.324 e. The molecule has 3 rings (SSSR count). The number of halogens is 1. The fourth-order valence-electron chi connectivity index (χ4n) is 4.53. The van der Waals surface area contributed by atoms with E-state index < -0.39 is 11.6 Å². The summed E-state index contributed by atoms with van der Waals surface area (Å²) in [6, 6.07) is 3.26. The Morgan fingerprint density at radius 1 is 1.21 bits per heavy atom. The number of anilines is 1. The zero-order valence-electron chi connectivity index (χ0n) is 17.4. The van der Waals surface area contributed by atoms with Crippen LogP contribution in [-0.4, -0.2) is 34.8 Å². The molecule has 1 aliphatic heterocycles. The number of amides is 4. The van der Waals surface area contributed by atoms with Gasteiger partial charge in [-0.2, -0.15) is 0 Å². The summed E-state index contributed by atoms with van der Waals surface area (Å²) in [4.78, 5) is 39.3. The molecule has 0 aromatic heterocycles. The van der Waals surface area contributed by atoms with Gasteiger partial charge in [0.05, 0.1) is 0 Å². The zero-order valence-corrected chi connectivity index (χ0v) is 18.2. The van der Waals surface area contributed by atoms with Gasteiger partial charge in [-0.25, -0.2) is 4.79 Å². The van der Waals surface area contributed by atoms with Gasteiger partial charge in [0.1, 0.15) is 12.1 Å². The van der Waals surface area contributed by atoms with Gasteiger partial charge in [0, 0.05) is 10.7 Å². The Morgan fingerprint density at radius 3 is 2.48 bits per heavy atom. The molecular weight excluding hydrogens is 390 g/mol. The Bertz CT molecular complexity index is 816. The molecule has 1 aromatic carbocycles. The average molecular weight is 420 g/mol. The van der Waals surface area contributed by atoms with E-state index in [1.807, 2.05) is 26.0 Å². The van der Waals surface area contributed by atoms with Gasteiger partial charge in [0.2, 0.25) is 5.91 Å². The van der Waals surface area contributed by atoms with Gasteiger partial charge in [0.15, 0.2) is 0 Å². The van der Waals surface area contributed by atoms with Crippen LogP contribution in [0.5, 0.6) is 0 Å². The van der Waals surface area contributed by atoms with Gasteiger partial charge in [0.25, 0.3) is 5.91 Å². The van der Waals surface area contributed by atoms with E-state index in [4.69, 9.17) is 11.6 Å². The molecule has 2 aliphatic rings. The maximum absolute atomic E-state index is 13.0. The van der Waals surface area contributed by atoms with Gasteiger partial charge in [-0.3, -0.25) is 14.5 Å². The highest BCUT2D eigenvalue weighted by molar-refractivity contribution is 6.32. The van der Waals surface area contributed by atoms with Crippen molar-refractivity contribution in [2.45, 2.75) is 71.3 Å². The summed E-state index contributed by atoms with van der Waals surface area (Å²) < 4.78 is 0. The minimum absolute atomic E-state index is 0.273. The average Bonchev–Trinajstić information content (AvgIpc) is 2.93. The lowest BCUT2D eigenvalue weighted by molar-refractivity contribution is -0.135. The second kappa shape index (κ2) is 8.74. The predicted molar refractivity (Wildman–Crippen MR) is 114 cm³/mol. The summed E-state index contributed by atoms with van der Waals surface area (Å²) in [6.07, 6.45) is 5.63. The topological polar surface area (TPSA) is 78.5 Å². The largest absolute Gasteiger partial charge is 0.325 e. The predicted octanol–water partition coefficient (Wildman–Crippen LogP) is 4.29. The first-order valence-electron chi connectivity index (χ1n) is 10.6. The minimum atomic E-state index is -0.831. The van der Waals surface area contributed by atoms with Crippen LogP contribution >= 0.6 is 11.6 Å². The number of nitrogens with one attached hydrogen (secondary N) is 2. The number of hydrogen-bond acceptors (Lipinski definition) is 3. The van der Waals surface area contributed by atoms with E-state index in [9.17, 15) is 14.4 Å². The molecule has 0 atom stereocenters. The Morgan fingerprint density at radius 2 is 1.90 bits per heavy atom. The van der Waals surface area contributed by atoms with E-state index >= 15 is 0 Å². The third-order valence-corrected chi connectivity index (χ3v) is 6.78. The number of rotatable bonds is 6. The number of urea groups is 1. The second-order valence-electron chi connectivity index (χ2n) is 8.07. The molecule has 1 aliphatic carbocycles. The monoisotopic (exact) mass is 419 g/mol. The summed E-state index contributed by atoms with van der Waals surface area (Å²) >= 11 is 6.30. The molecule has 0 unspecified atom stereocenters. The quantitative estimate of drug-likeness (QED) is 0.675. The van der Waals surface area contributed by atoms with Crippen molar-refractivity contribution in [3.8, 4) is 0 Å². The molecule has 2 fully saturated rings. The molecule has 1 saturated carbocycles. The zero-order chi connectivity index (χ0) is 21.2. The number of aryl methyl sites for hydroxylation is 1. The van der Waals surface area contributed by atoms with Gasteiger partial charge < -0.3 is 10.6 Å². The standard InChI is InChI=1S/C22H30ClN3O3/c1-4-14-9-11-22(12-10-14)20(28)26(21(29)25-22)13-18(27)24-19-15(5-2)7-8-17(23)16(19)6-3/h7-8,14H,4-6,9-13H2,1-3H3,(H,24,27)(H,25,29). The first-order chi connectivity index (χ1) is 13.8. The maximum Gasteiger partial charge on any atom is 0.325 e. The molecule has 6 nitrogen and oxygen atoms in total. The van der Waals surface area contributed by atoms with Gasteiger partial charge in [-0.05, 0) is 61.6 Å². The summed E-state index contributed by atoms with van der Waals surface area (Å²) in [5.74, 6) is -0.0605. The number of hydrogen-bond donors (Lipinski definition) is 2. The molecule has 1 saturated heterocycles. The van der Waals surface area contributed by atoms with E-state index in [1.165, 1.54) is 0 Å². The van der Waals surface area contributed by atoms with Crippen molar-refractivity contribution >= 4 is 35.1 Å². The normalized spacial score (nSPS) is 24.1. The van der Waals surface area contributed by atoms with Gasteiger partial charge >= 0.3 is 6.03 Å². The lowest BCUT2D eigenvalue weighted by Gasteiger charge is -2.34. The summed E-state index contributed by atoms with van der Waals surface area (Å²) in [6.45, 7) is 5.85. The van der Waals surface area contributed by atoms with Crippen molar-refractivity contribution in [3.05, 3.63) is 28.3 Å². The summed E-state index contributed by atoms with van der Waals surface area (Å²) in [5, 5.41) is 6.37. The fourth-order valence-corrected chi connectivity index (χ4v) is 4.82. The molecule has 7 heteroatoms. The number of benzene rings is 1. The SMILES string of the molecule is CCc1ccc(Cl)c(CC)c1NC(=O)CN1C(=O)NC2(CCC(CC)CC2)C1=O. The van der Waals surface area contributed by atoms with E-state index in [0.717, 1.165) is 41.7 Å². The highest BCUT2D eigenvalue weighted by atomic mass is 35.5. The summed E-state index contributed by atoms with van der Waals surface area (Å²) in [7, 11) is 0. The highest BCUT2D eigenvalue weighted by Gasteiger charge is 2.52. The Kier molecular flexibility index (Phi) is 6.52. The van der Waals surface area contributed by atoms with Crippen molar-refractivity contribution in [1.82, 2.24) is 10.2 Å². The third-order valence-electron chi connectivity index (χ3n) is 6.42. The summed E-state index contributed by atoms with van der Waals surface area (Å²) in [5.41, 5.74) is 1.71. The molecule has 4 amide bonds. The van der Waals surface area contributed by atoms with Crippen molar-refractivity contribution in [1.29, 1.82) is 0 Å². The van der Waals surface area contributed by atoms with E-state index in [2.05, 4.69) is 17.6 Å². The van der Waals surface area contributed by atoms with Crippen LogP contribution in [0, 0.1) is 5.92 Å². The highest BCUT2D eigenvalue weighted by Crippen LogP contribution is 2.37. The Balaban J connectivity index is 1.73. The number of carbonyl (C=O) groups is 3. The fraction of sp³-hybridized carbons (Fsp3) is 0.591. The molecular formula is C22H30ClN3O3. The van der Waals surface area contributed by atoms with Crippen LogP contribution in [0.2, 0.25) is 5.02 Å². The van der Waals surface area contributed by atoms with Crippen molar-refractivity contribution in [2.24, 2.45) is 5.92 Å². The van der Waals surface area contributed by atoms with Crippen molar-refractivity contribution in [3.63, 3.8) is 0 Å². The van der Waals surface area contributed by atoms with Crippen LogP contribution in [0.1, 0.15) is 64.0 Å². The van der Waals surface area contributed by atoms with Crippen LogP contribution in [0.25, 0.3) is 0 Å². The number of imide groups is 1. The van der Waals surface area contributed by atoms with E-state index in [0.29, 0.717) is 35.9 Å². The molecule has 1 spiro atoms. The van der Waals surface area contributed by atoms with E-state index in [-0.39, 0.29) is 18.4 Å². The smallest absolute Gasteiger partial charge is 0.324 e. The van der Waals surface area contributed by atoms with Crippen molar-refractivity contribution in [2.75, 3.05) is 11.9 Å². The van der Waals surface area contributed by atoms with Gasteiger partial charge in [-0.1, -0.05) is 44.9 Å².